The standard InChI is InChI=1S/C18H19NS2/c1-19-15(18-10-12-5-4-8-16(12)21-18)9-13-11-20-17-7-3-2-6-14(13)17/h2-3,6-7,10-11,15,19H,4-5,8-9H2,1H3. The Morgan fingerprint density at radius 3 is 3.00 bits per heavy atom. The second-order valence-electron chi connectivity index (χ2n) is 5.75. The molecule has 1 aliphatic carbocycles. The van der Waals surface area contributed by atoms with Gasteiger partial charge in [-0.15, -0.1) is 22.7 Å². The molecule has 4 rings (SSSR count). The van der Waals surface area contributed by atoms with E-state index in [-0.39, 0.29) is 0 Å². The zero-order valence-corrected chi connectivity index (χ0v) is 13.8. The van der Waals surface area contributed by atoms with Crippen LogP contribution in [0.5, 0.6) is 0 Å². The van der Waals surface area contributed by atoms with Crippen LogP contribution >= 0.6 is 22.7 Å². The summed E-state index contributed by atoms with van der Waals surface area (Å²) in [6, 6.07) is 11.6. The van der Waals surface area contributed by atoms with Crippen LogP contribution in [0.15, 0.2) is 35.7 Å². The Hall–Kier alpha value is -1.16. The van der Waals surface area contributed by atoms with Gasteiger partial charge in [0.25, 0.3) is 0 Å². The summed E-state index contributed by atoms with van der Waals surface area (Å²) >= 11 is 3.88. The van der Waals surface area contributed by atoms with Crippen LogP contribution in [0.25, 0.3) is 10.1 Å². The molecule has 3 aromatic rings. The summed E-state index contributed by atoms with van der Waals surface area (Å²) in [4.78, 5) is 3.14. The van der Waals surface area contributed by atoms with E-state index in [1.165, 1.54) is 39.8 Å². The Morgan fingerprint density at radius 2 is 2.14 bits per heavy atom. The molecule has 0 spiro atoms. The Morgan fingerprint density at radius 1 is 1.24 bits per heavy atom. The molecule has 0 bridgehead atoms. The van der Waals surface area contributed by atoms with Crippen molar-refractivity contribution in [1.82, 2.24) is 5.32 Å². The molecule has 0 saturated heterocycles. The second-order valence-corrected chi connectivity index (χ2v) is 7.83. The van der Waals surface area contributed by atoms with Crippen LogP contribution < -0.4 is 5.32 Å². The molecule has 2 aromatic heterocycles. The fourth-order valence-corrected chi connectivity index (χ4v) is 5.62. The van der Waals surface area contributed by atoms with Crippen LogP contribution in [0.2, 0.25) is 0 Å². The number of hydrogen-bond donors (Lipinski definition) is 1. The molecule has 2 heterocycles. The van der Waals surface area contributed by atoms with Crippen LogP contribution in [0.1, 0.15) is 33.3 Å². The van der Waals surface area contributed by atoms with Gasteiger partial charge in [0, 0.05) is 20.5 Å². The maximum atomic E-state index is 3.53. The predicted molar refractivity (Wildman–Crippen MR) is 93.7 cm³/mol. The molecule has 1 unspecified atom stereocenters. The third-order valence-electron chi connectivity index (χ3n) is 4.44. The second kappa shape index (κ2) is 5.56. The van der Waals surface area contributed by atoms with E-state index in [9.17, 15) is 0 Å². The minimum absolute atomic E-state index is 0.443. The lowest BCUT2D eigenvalue weighted by atomic mass is 10.0. The number of thiophene rings is 2. The lowest BCUT2D eigenvalue weighted by molar-refractivity contribution is 0.604. The van der Waals surface area contributed by atoms with Gasteiger partial charge in [0.15, 0.2) is 0 Å². The lowest BCUT2D eigenvalue weighted by Crippen LogP contribution is -2.17. The number of nitrogens with one attached hydrogen (secondary N) is 1. The van der Waals surface area contributed by atoms with E-state index in [0.717, 1.165) is 6.42 Å². The van der Waals surface area contributed by atoms with Crippen molar-refractivity contribution in [2.24, 2.45) is 0 Å². The highest BCUT2D eigenvalue weighted by Gasteiger charge is 2.20. The minimum atomic E-state index is 0.443. The van der Waals surface area contributed by atoms with E-state index in [1.807, 2.05) is 22.7 Å². The number of likely N-dealkylation sites (N-methyl/N-ethyl adjacent to an activating group) is 1. The first-order valence-electron chi connectivity index (χ1n) is 7.59. The molecule has 1 atom stereocenters. The quantitative estimate of drug-likeness (QED) is 0.718. The fourth-order valence-electron chi connectivity index (χ4n) is 3.28. The molecule has 0 amide bonds. The van der Waals surface area contributed by atoms with E-state index in [1.54, 1.807) is 10.4 Å². The molecule has 1 aliphatic rings. The van der Waals surface area contributed by atoms with Crippen LogP contribution in [0.4, 0.5) is 0 Å². The SMILES string of the molecule is CNC(Cc1csc2ccccc12)c1cc2c(s1)CCC2. The van der Waals surface area contributed by atoms with Crippen molar-refractivity contribution in [2.45, 2.75) is 31.7 Å². The number of aryl methyl sites for hydroxylation is 2. The number of benzene rings is 1. The zero-order chi connectivity index (χ0) is 14.2. The molecule has 108 valence electrons. The van der Waals surface area contributed by atoms with Crippen LogP contribution in [-0.4, -0.2) is 7.05 Å². The highest BCUT2D eigenvalue weighted by Crippen LogP contribution is 2.36. The molecule has 0 aliphatic heterocycles. The van der Waals surface area contributed by atoms with Crippen molar-refractivity contribution in [3.05, 3.63) is 56.6 Å². The van der Waals surface area contributed by atoms with Gasteiger partial charge < -0.3 is 5.32 Å². The number of hydrogen-bond acceptors (Lipinski definition) is 3. The van der Waals surface area contributed by atoms with E-state index in [2.05, 4.69) is 48.1 Å². The van der Waals surface area contributed by atoms with Gasteiger partial charge in [-0.3, -0.25) is 0 Å². The molecule has 1 aromatic carbocycles. The maximum absolute atomic E-state index is 3.53. The van der Waals surface area contributed by atoms with Crippen molar-refractivity contribution in [3.63, 3.8) is 0 Å². The average molecular weight is 313 g/mol. The Balaban J connectivity index is 1.64. The fraction of sp³-hybridized carbons (Fsp3) is 0.333. The Bertz CT molecular complexity index is 747. The smallest absolute Gasteiger partial charge is 0.0453 e. The first-order valence-corrected chi connectivity index (χ1v) is 9.28. The third-order valence-corrected chi connectivity index (χ3v) is 6.81. The minimum Gasteiger partial charge on any atom is -0.312 e. The van der Waals surface area contributed by atoms with Gasteiger partial charge >= 0.3 is 0 Å². The van der Waals surface area contributed by atoms with Gasteiger partial charge in [-0.05, 0) is 66.8 Å². The summed E-state index contributed by atoms with van der Waals surface area (Å²) in [7, 11) is 2.09. The summed E-state index contributed by atoms with van der Waals surface area (Å²) in [5.41, 5.74) is 3.08. The molecule has 0 fully saturated rings. The van der Waals surface area contributed by atoms with Crippen molar-refractivity contribution in [2.75, 3.05) is 7.05 Å². The molecule has 3 heteroatoms. The molecular weight excluding hydrogens is 294 g/mol. The highest BCUT2D eigenvalue weighted by atomic mass is 32.1. The molecular formula is C18H19NS2. The topological polar surface area (TPSA) is 12.0 Å². The monoisotopic (exact) mass is 313 g/mol. The summed E-state index contributed by atoms with van der Waals surface area (Å²) < 4.78 is 1.40. The van der Waals surface area contributed by atoms with Crippen molar-refractivity contribution >= 4 is 32.8 Å². The number of rotatable bonds is 4. The maximum Gasteiger partial charge on any atom is 0.0453 e. The molecule has 21 heavy (non-hydrogen) atoms. The molecule has 1 N–H and O–H groups in total. The summed E-state index contributed by atoms with van der Waals surface area (Å²) in [5, 5.41) is 7.28. The third kappa shape index (κ3) is 2.44. The van der Waals surface area contributed by atoms with E-state index in [0.29, 0.717) is 6.04 Å². The first-order chi connectivity index (χ1) is 10.3. The van der Waals surface area contributed by atoms with Crippen molar-refractivity contribution < 1.29 is 0 Å². The van der Waals surface area contributed by atoms with Crippen molar-refractivity contribution in [3.8, 4) is 0 Å². The van der Waals surface area contributed by atoms with Gasteiger partial charge in [0.05, 0.1) is 0 Å². The Labute approximate surface area is 133 Å². The molecule has 0 radical (unpaired) electrons. The van der Waals surface area contributed by atoms with Crippen LogP contribution in [0.3, 0.4) is 0 Å². The first kappa shape index (κ1) is 13.5. The van der Waals surface area contributed by atoms with Crippen molar-refractivity contribution in [1.29, 1.82) is 0 Å². The van der Waals surface area contributed by atoms with Crippen LogP contribution in [-0.2, 0) is 19.3 Å². The van der Waals surface area contributed by atoms with Gasteiger partial charge in [-0.1, -0.05) is 18.2 Å². The lowest BCUT2D eigenvalue weighted by Gasteiger charge is -2.14. The van der Waals surface area contributed by atoms with Gasteiger partial charge in [0.2, 0.25) is 0 Å². The number of fused-ring (bicyclic) bond motifs is 2. The largest absolute Gasteiger partial charge is 0.312 e. The van der Waals surface area contributed by atoms with Gasteiger partial charge in [0.1, 0.15) is 0 Å². The molecule has 1 nitrogen and oxygen atoms in total. The van der Waals surface area contributed by atoms with Gasteiger partial charge in [-0.25, -0.2) is 0 Å². The average Bonchev–Trinajstić information content (AvgIpc) is 3.19. The Kier molecular flexibility index (Phi) is 3.57. The van der Waals surface area contributed by atoms with E-state index in [4.69, 9.17) is 0 Å². The highest BCUT2D eigenvalue weighted by molar-refractivity contribution is 7.17. The normalized spacial score (nSPS) is 15.5. The van der Waals surface area contributed by atoms with Gasteiger partial charge in [-0.2, -0.15) is 0 Å². The summed E-state index contributed by atoms with van der Waals surface area (Å²) in [6.07, 6.45) is 5.00. The van der Waals surface area contributed by atoms with E-state index >= 15 is 0 Å². The zero-order valence-electron chi connectivity index (χ0n) is 12.2. The van der Waals surface area contributed by atoms with Crippen LogP contribution in [0, 0.1) is 0 Å². The summed E-state index contributed by atoms with van der Waals surface area (Å²) in [5.74, 6) is 0. The predicted octanol–water partition coefficient (Wildman–Crippen LogP) is 4.95. The molecule has 0 saturated carbocycles. The van der Waals surface area contributed by atoms with E-state index < -0.39 is 0 Å². The summed E-state index contributed by atoms with van der Waals surface area (Å²) in [6.45, 7) is 0.